The van der Waals surface area contributed by atoms with E-state index >= 15 is 0 Å². The van der Waals surface area contributed by atoms with Gasteiger partial charge in [0.25, 0.3) is 0 Å². The Labute approximate surface area is 283 Å². The molecule has 0 aliphatic carbocycles. The summed E-state index contributed by atoms with van der Waals surface area (Å²) >= 11 is -14.0. The van der Waals surface area contributed by atoms with Crippen molar-refractivity contribution < 1.29 is 143 Å². The van der Waals surface area contributed by atoms with E-state index < -0.39 is 124 Å². The first-order valence-corrected chi connectivity index (χ1v) is 11.3. The van der Waals surface area contributed by atoms with Gasteiger partial charge in [0.05, 0.1) is 0 Å². The van der Waals surface area contributed by atoms with Crippen LogP contribution in [0.15, 0.2) is 0 Å². The summed E-state index contributed by atoms with van der Waals surface area (Å²) in [5.74, 6) is 0. The Balaban J connectivity index is -0.0000000119. The van der Waals surface area contributed by atoms with E-state index in [9.17, 15) is 0 Å². The van der Waals surface area contributed by atoms with Crippen LogP contribution >= 0.6 is 0 Å². The Bertz CT molecular complexity index is 172. The van der Waals surface area contributed by atoms with Gasteiger partial charge >= 0.3 is 290 Å². The van der Waals surface area contributed by atoms with Crippen LogP contribution in [0.3, 0.4) is 0 Å². The van der Waals surface area contributed by atoms with E-state index in [2.05, 4.69) is 0 Å². The van der Waals surface area contributed by atoms with Crippen LogP contribution in [0.2, 0.25) is 0 Å². The van der Waals surface area contributed by atoms with Crippen LogP contribution in [-0.4, -0.2) is 147 Å². The summed E-state index contributed by atoms with van der Waals surface area (Å²) in [7, 11) is 0. The van der Waals surface area contributed by atoms with Gasteiger partial charge in [-0.25, -0.2) is 0 Å². The van der Waals surface area contributed by atoms with Gasteiger partial charge in [0.1, 0.15) is 0 Å². The molecule has 0 aromatic carbocycles. The Morgan fingerprint density at radius 3 is 0.333 bits per heavy atom. The average Bonchev–Trinajstić information content (AvgIpc) is 2.45. The second-order valence-electron chi connectivity index (χ2n) is 0.770. The van der Waals surface area contributed by atoms with Crippen LogP contribution in [0.4, 0.5) is 0 Å². The first-order chi connectivity index (χ1) is 11.3. The molecule has 0 atom stereocenters. The van der Waals surface area contributed by atoms with E-state index in [1.807, 2.05) is 0 Å². The first kappa shape index (κ1) is 69.7. The summed E-state index contributed by atoms with van der Waals surface area (Å²) in [5, 5.41) is 0. The van der Waals surface area contributed by atoms with E-state index in [1.54, 1.807) is 0 Å². The molecule has 138 valence electrons. The molecular formula is Al8CeErMgO16. The number of rotatable bonds is 0. The Morgan fingerprint density at radius 1 is 0.333 bits per heavy atom. The maximum absolute atomic E-state index is 8.46. The minimum atomic E-state index is -1.75. The molecule has 27 heteroatoms. The van der Waals surface area contributed by atoms with Crippen LogP contribution in [0.5, 0.6) is 0 Å². The van der Waals surface area contributed by atoms with Crippen LogP contribution in [0.1, 0.15) is 0 Å². The predicted molar refractivity (Wildman–Crippen MR) is 57.3 cm³/mol. The molecule has 0 aliphatic rings. The van der Waals surface area contributed by atoms with Crippen LogP contribution < -0.4 is 33.3 Å². The molecule has 0 heterocycles. The van der Waals surface area contributed by atoms with Gasteiger partial charge in [0.15, 0.2) is 0 Å². The fraction of sp³-hybridized carbons (Fsp3) is 0. The molecule has 2 radical (unpaired) electrons. The van der Waals surface area contributed by atoms with Crippen LogP contribution in [0.25, 0.3) is 0 Å². The van der Waals surface area contributed by atoms with Gasteiger partial charge in [-0.05, 0) is 0 Å². The molecule has 0 rings (SSSR count). The fourth-order valence-corrected chi connectivity index (χ4v) is 0. The van der Waals surface area contributed by atoms with Crippen LogP contribution in [-0.2, 0) is 30.4 Å². The summed E-state index contributed by atoms with van der Waals surface area (Å²) in [4.78, 5) is 0. The van der Waals surface area contributed by atoms with Crippen molar-refractivity contribution in [3.63, 3.8) is 0 Å². The number of hydrogen-bond donors (Lipinski definition) is 0. The second kappa shape index (κ2) is 170. The molecule has 0 fully saturated rings. The maximum atomic E-state index is 8.46. The number of hydrogen-bond acceptors (Lipinski definition) is 16. The Hall–Kier alpha value is 4.45. The van der Waals surface area contributed by atoms with Gasteiger partial charge in [-0.15, -0.1) is 0 Å². The van der Waals surface area contributed by atoms with Crippen molar-refractivity contribution in [3.8, 4) is 0 Å². The van der Waals surface area contributed by atoms with Gasteiger partial charge in [-0.2, -0.15) is 0 Å². The van der Waals surface area contributed by atoms with Crippen molar-refractivity contribution in [3.05, 3.63) is 0 Å². The summed E-state index contributed by atoms with van der Waals surface area (Å²) < 4.78 is 135. The third kappa shape index (κ3) is 1240. The topological polar surface area (TPSA) is 321 Å². The quantitative estimate of drug-likeness (QED) is 0.205. The summed E-state index contributed by atoms with van der Waals surface area (Å²) in [6.45, 7) is 0. The summed E-state index contributed by atoms with van der Waals surface area (Å²) in [5.41, 5.74) is 0. The second-order valence-corrected chi connectivity index (χ2v) is 2.31. The first-order valence-electron chi connectivity index (χ1n) is 3.77. The Kier molecular flexibility index (Phi) is 440. The van der Waals surface area contributed by atoms with Crippen LogP contribution in [0, 0.1) is 79.1 Å². The SMILES string of the molecule is [Ce+3].[Er+3].[Mg+2].[O]=[Al][O-].[O]=[Al][O-].[O]=[Al][O-].[O]=[Al][O-].[O]=[Al][O-].[O]=[Al][O-].[O]=[Al][O-].[O]=[Al][O-]. The average molecular weight is 804 g/mol. The Morgan fingerprint density at radius 2 is 0.333 bits per heavy atom. The zero-order chi connectivity index (χ0) is 21.7. The van der Waals surface area contributed by atoms with Crippen molar-refractivity contribution in [2.45, 2.75) is 0 Å². The molecular weight excluding hydrogens is 804 g/mol. The third-order valence-electron chi connectivity index (χ3n) is 0. The zero-order valence-corrected chi connectivity index (χ0v) is 28.3. The van der Waals surface area contributed by atoms with Crippen molar-refractivity contribution >= 4 is 147 Å². The standard InChI is InChI=1S/8Al.Ce.Er.Mg.16O/q;;;;;;;;2*+3;+2;;;;;;;;;8*-1. The molecule has 0 amide bonds. The van der Waals surface area contributed by atoms with Gasteiger partial charge in [-0.3, -0.25) is 0 Å². The minimum absolute atomic E-state index is 0. The molecule has 0 N–H and O–H groups in total. The molecule has 16 nitrogen and oxygen atoms in total. The fourth-order valence-electron chi connectivity index (χ4n) is 0. The molecule has 0 unspecified atom stereocenters. The summed E-state index contributed by atoms with van der Waals surface area (Å²) in [6, 6.07) is 0. The predicted octanol–water partition coefficient (Wildman–Crippen LogP) is -13.9. The van der Waals surface area contributed by atoms with E-state index in [1.165, 1.54) is 0 Å². The molecule has 0 aromatic heterocycles. The van der Waals surface area contributed by atoms with Gasteiger partial charge < -0.3 is 0 Å². The van der Waals surface area contributed by atoms with Gasteiger partial charge in [0, 0.05) is 0 Å². The van der Waals surface area contributed by atoms with Crippen molar-refractivity contribution in [1.29, 1.82) is 0 Å². The van der Waals surface area contributed by atoms with Crippen molar-refractivity contribution in [2.75, 3.05) is 0 Å². The van der Waals surface area contributed by atoms with Crippen molar-refractivity contribution in [2.24, 2.45) is 0 Å². The van der Waals surface area contributed by atoms with Gasteiger partial charge in [0.2, 0.25) is 0 Å². The van der Waals surface area contributed by atoms with Crippen molar-refractivity contribution in [1.82, 2.24) is 0 Å². The summed E-state index contributed by atoms with van der Waals surface area (Å²) in [6.07, 6.45) is 0. The van der Waals surface area contributed by atoms with E-state index in [4.69, 9.17) is 63.7 Å². The molecule has 0 spiro atoms. The molecule has 0 aromatic rings. The third-order valence-corrected chi connectivity index (χ3v) is 0. The molecule has 0 bridgehead atoms. The van der Waals surface area contributed by atoms with E-state index in [-0.39, 0.29) is 102 Å². The van der Waals surface area contributed by atoms with E-state index in [0.717, 1.165) is 0 Å². The molecule has 0 saturated carbocycles. The normalized spacial score (nSPS) is 2.37. The van der Waals surface area contributed by atoms with E-state index in [0.29, 0.717) is 0 Å². The zero-order valence-electron chi connectivity index (χ0n) is 12.6. The monoisotopic (exact) mass is 802 g/mol. The molecule has 27 heavy (non-hydrogen) atoms. The molecule has 0 aliphatic heterocycles. The van der Waals surface area contributed by atoms with Gasteiger partial charge in [-0.1, -0.05) is 0 Å². The molecule has 0 saturated heterocycles.